The standard InChI is InChI=1S/C11H22N2O5.ClH/c1-11(8-17-3,10(15)18-4)13-9(14)7-12-5-6-16-2;/h12H,5-8H2,1-4H3,(H,13,14);1H. The average Bonchev–Trinajstić information content (AvgIpc) is 2.33. The zero-order chi connectivity index (χ0) is 14.0. The van der Waals surface area contributed by atoms with E-state index < -0.39 is 11.5 Å². The minimum absolute atomic E-state index is 0. The molecule has 0 aliphatic carbocycles. The maximum absolute atomic E-state index is 11.6. The average molecular weight is 299 g/mol. The smallest absolute Gasteiger partial charge is 0.333 e. The topological polar surface area (TPSA) is 85.9 Å². The van der Waals surface area contributed by atoms with Gasteiger partial charge in [0.25, 0.3) is 0 Å². The number of amides is 1. The highest BCUT2D eigenvalue weighted by Crippen LogP contribution is 2.06. The van der Waals surface area contributed by atoms with E-state index in [1.165, 1.54) is 14.2 Å². The molecule has 0 bridgehead atoms. The first-order valence-electron chi connectivity index (χ1n) is 5.58. The summed E-state index contributed by atoms with van der Waals surface area (Å²) in [7, 11) is 4.29. The van der Waals surface area contributed by atoms with Crippen molar-refractivity contribution in [1.82, 2.24) is 10.6 Å². The van der Waals surface area contributed by atoms with Crippen molar-refractivity contribution in [2.75, 3.05) is 47.6 Å². The van der Waals surface area contributed by atoms with Crippen molar-refractivity contribution in [3.63, 3.8) is 0 Å². The molecule has 0 rings (SSSR count). The maximum atomic E-state index is 11.6. The summed E-state index contributed by atoms with van der Waals surface area (Å²) in [4.78, 5) is 23.2. The summed E-state index contributed by atoms with van der Waals surface area (Å²) >= 11 is 0. The molecule has 0 saturated heterocycles. The zero-order valence-electron chi connectivity index (χ0n) is 11.8. The number of carbonyl (C=O) groups is 2. The van der Waals surface area contributed by atoms with Crippen molar-refractivity contribution in [3.05, 3.63) is 0 Å². The van der Waals surface area contributed by atoms with E-state index in [9.17, 15) is 9.59 Å². The van der Waals surface area contributed by atoms with Gasteiger partial charge in [-0.25, -0.2) is 4.79 Å². The Bertz CT molecular complexity index is 278. The number of carbonyl (C=O) groups excluding carboxylic acids is 2. The van der Waals surface area contributed by atoms with Crippen molar-refractivity contribution in [3.8, 4) is 0 Å². The molecule has 0 heterocycles. The van der Waals surface area contributed by atoms with E-state index >= 15 is 0 Å². The molecule has 1 unspecified atom stereocenters. The number of halogens is 1. The van der Waals surface area contributed by atoms with E-state index in [1.54, 1.807) is 14.0 Å². The first-order valence-corrected chi connectivity index (χ1v) is 5.58. The number of esters is 1. The SMILES string of the molecule is COCCNCC(=O)NC(C)(COC)C(=O)OC.Cl. The van der Waals surface area contributed by atoms with Gasteiger partial charge in [0.1, 0.15) is 0 Å². The van der Waals surface area contributed by atoms with Gasteiger partial charge in [0.2, 0.25) is 5.91 Å². The Balaban J connectivity index is 0. The molecule has 0 fully saturated rings. The molecule has 1 amide bonds. The van der Waals surface area contributed by atoms with Crippen LogP contribution in [0.25, 0.3) is 0 Å². The number of nitrogens with one attached hydrogen (secondary N) is 2. The van der Waals surface area contributed by atoms with Gasteiger partial charge >= 0.3 is 5.97 Å². The van der Waals surface area contributed by atoms with Gasteiger partial charge in [-0.1, -0.05) is 0 Å². The third kappa shape index (κ3) is 7.99. The lowest BCUT2D eigenvalue weighted by Gasteiger charge is -2.27. The van der Waals surface area contributed by atoms with E-state index in [-0.39, 0.29) is 31.5 Å². The quantitative estimate of drug-likeness (QED) is 0.434. The van der Waals surface area contributed by atoms with Crippen molar-refractivity contribution in [1.29, 1.82) is 0 Å². The third-order valence-corrected chi connectivity index (χ3v) is 2.25. The molecule has 1 atom stereocenters. The second-order valence-corrected chi connectivity index (χ2v) is 3.97. The second-order valence-electron chi connectivity index (χ2n) is 3.97. The number of hydrogen-bond acceptors (Lipinski definition) is 6. The molecule has 8 heteroatoms. The first kappa shape index (κ1) is 20.4. The third-order valence-electron chi connectivity index (χ3n) is 2.25. The fraction of sp³-hybridized carbons (Fsp3) is 0.818. The Kier molecular flexibility index (Phi) is 11.8. The Morgan fingerprint density at radius 1 is 1.16 bits per heavy atom. The van der Waals surface area contributed by atoms with Crippen LogP contribution in [0.4, 0.5) is 0 Å². The van der Waals surface area contributed by atoms with Gasteiger partial charge in [0.15, 0.2) is 5.54 Å². The van der Waals surface area contributed by atoms with E-state index in [1.807, 2.05) is 0 Å². The lowest BCUT2D eigenvalue weighted by molar-refractivity contribution is -0.152. The largest absolute Gasteiger partial charge is 0.467 e. The van der Waals surface area contributed by atoms with Crippen LogP contribution >= 0.6 is 12.4 Å². The molecule has 7 nitrogen and oxygen atoms in total. The normalized spacial score (nSPS) is 13.1. The van der Waals surface area contributed by atoms with E-state index in [0.717, 1.165) is 0 Å². The summed E-state index contributed by atoms with van der Waals surface area (Å²) < 4.78 is 14.4. The van der Waals surface area contributed by atoms with Crippen LogP contribution in [0.1, 0.15) is 6.92 Å². The minimum Gasteiger partial charge on any atom is -0.467 e. The van der Waals surface area contributed by atoms with Crippen LogP contribution in [-0.2, 0) is 23.8 Å². The van der Waals surface area contributed by atoms with Crippen LogP contribution in [0, 0.1) is 0 Å². The maximum Gasteiger partial charge on any atom is 0.333 e. The van der Waals surface area contributed by atoms with Gasteiger partial charge in [-0.2, -0.15) is 0 Å². The summed E-state index contributed by atoms with van der Waals surface area (Å²) in [6.45, 7) is 2.77. The van der Waals surface area contributed by atoms with Crippen LogP contribution in [0.3, 0.4) is 0 Å². The predicted octanol–water partition coefficient (Wildman–Crippen LogP) is -0.661. The van der Waals surface area contributed by atoms with Crippen LogP contribution in [0.2, 0.25) is 0 Å². The van der Waals surface area contributed by atoms with Gasteiger partial charge in [-0.05, 0) is 6.92 Å². The highest BCUT2D eigenvalue weighted by molar-refractivity contribution is 5.88. The monoisotopic (exact) mass is 298 g/mol. The fourth-order valence-electron chi connectivity index (χ4n) is 1.39. The lowest BCUT2D eigenvalue weighted by atomic mass is 10.0. The molecule has 0 aliphatic rings. The van der Waals surface area contributed by atoms with E-state index in [4.69, 9.17) is 9.47 Å². The van der Waals surface area contributed by atoms with E-state index in [2.05, 4.69) is 15.4 Å². The predicted molar refractivity (Wildman–Crippen MR) is 72.4 cm³/mol. The molecule has 0 aromatic heterocycles. The molecule has 114 valence electrons. The summed E-state index contributed by atoms with van der Waals surface area (Å²) in [5.74, 6) is -0.856. The molecule has 0 aliphatic heterocycles. The van der Waals surface area contributed by atoms with Gasteiger partial charge in [0.05, 0.1) is 26.9 Å². The fourth-order valence-corrected chi connectivity index (χ4v) is 1.39. The number of ether oxygens (including phenoxy) is 3. The molecule has 2 N–H and O–H groups in total. The molecule has 0 spiro atoms. The van der Waals surface area contributed by atoms with Crippen molar-refractivity contribution in [2.24, 2.45) is 0 Å². The van der Waals surface area contributed by atoms with Crippen molar-refractivity contribution < 1.29 is 23.8 Å². The van der Waals surface area contributed by atoms with Gasteiger partial charge in [-0.3, -0.25) is 4.79 Å². The van der Waals surface area contributed by atoms with Crippen LogP contribution in [-0.4, -0.2) is 65.0 Å². The minimum atomic E-state index is -1.18. The highest BCUT2D eigenvalue weighted by atomic mass is 35.5. The summed E-state index contributed by atoms with van der Waals surface area (Å²) in [6.07, 6.45) is 0. The Labute approximate surface area is 119 Å². The Morgan fingerprint density at radius 3 is 2.26 bits per heavy atom. The molecular formula is C11H23ClN2O5. The number of methoxy groups -OCH3 is 3. The first-order chi connectivity index (χ1) is 8.50. The van der Waals surface area contributed by atoms with Gasteiger partial charge < -0.3 is 24.8 Å². The van der Waals surface area contributed by atoms with Crippen LogP contribution in [0.5, 0.6) is 0 Å². The zero-order valence-corrected chi connectivity index (χ0v) is 12.6. The van der Waals surface area contributed by atoms with Gasteiger partial charge in [0, 0.05) is 20.8 Å². The highest BCUT2D eigenvalue weighted by Gasteiger charge is 2.36. The summed E-state index contributed by atoms with van der Waals surface area (Å²) in [5, 5.41) is 5.46. The Morgan fingerprint density at radius 2 is 1.79 bits per heavy atom. The van der Waals surface area contributed by atoms with Crippen molar-refractivity contribution >= 4 is 24.3 Å². The van der Waals surface area contributed by atoms with Crippen LogP contribution < -0.4 is 10.6 Å². The molecule has 0 saturated carbocycles. The summed E-state index contributed by atoms with van der Waals surface area (Å²) in [6, 6.07) is 0. The van der Waals surface area contributed by atoms with Crippen LogP contribution in [0.15, 0.2) is 0 Å². The number of rotatable bonds is 9. The lowest BCUT2D eigenvalue weighted by Crippen LogP contribution is -2.57. The second kappa shape index (κ2) is 11.0. The summed E-state index contributed by atoms with van der Waals surface area (Å²) in [5.41, 5.74) is -1.18. The van der Waals surface area contributed by atoms with Gasteiger partial charge in [-0.15, -0.1) is 12.4 Å². The number of hydrogen-bond donors (Lipinski definition) is 2. The molecular weight excluding hydrogens is 276 g/mol. The molecule has 19 heavy (non-hydrogen) atoms. The van der Waals surface area contributed by atoms with Crippen molar-refractivity contribution in [2.45, 2.75) is 12.5 Å². The van der Waals surface area contributed by atoms with E-state index in [0.29, 0.717) is 13.2 Å². The molecule has 0 radical (unpaired) electrons. The Hall–Kier alpha value is -0.890. The molecule has 0 aromatic carbocycles. The molecule has 0 aromatic rings.